The van der Waals surface area contributed by atoms with Crippen LogP contribution in [0.1, 0.15) is 25.8 Å². The van der Waals surface area contributed by atoms with Crippen molar-refractivity contribution in [3.63, 3.8) is 0 Å². The molecule has 1 atom stereocenters. The van der Waals surface area contributed by atoms with Crippen molar-refractivity contribution < 1.29 is 13.9 Å². The second-order valence-corrected chi connectivity index (χ2v) is 8.12. The Balaban J connectivity index is 1.60. The van der Waals surface area contributed by atoms with Crippen LogP contribution < -0.4 is 15.7 Å². The smallest absolute Gasteiger partial charge is 0.336 e. The number of anilines is 1. The van der Waals surface area contributed by atoms with Crippen molar-refractivity contribution in [2.24, 2.45) is 0 Å². The van der Waals surface area contributed by atoms with E-state index in [1.165, 1.54) is 11.0 Å². The highest BCUT2D eigenvalue weighted by molar-refractivity contribution is 7.99. The fraction of sp³-hybridized carbons (Fsp3) is 0.273. The number of hydrogen-bond acceptors (Lipinski definition) is 5. The fourth-order valence-electron chi connectivity index (χ4n) is 2.63. The maximum absolute atomic E-state index is 12.2. The zero-order valence-electron chi connectivity index (χ0n) is 16.2. The molecule has 3 aromatic rings. The molecule has 2 aromatic carbocycles. The summed E-state index contributed by atoms with van der Waals surface area (Å²) in [5.74, 6) is 0.217. The van der Waals surface area contributed by atoms with E-state index in [0.717, 1.165) is 23.1 Å². The highest BCUT2D eigenvalue weighted by Gasteiger charge is 2.09. The molecule has 1 aromatic heterocycles. The summed E-state index contributed by atoms with van der Waals surface area (Å²) in [6.07, 6.45) is 1.11. The maximum Gasteiger partial charge on any atom is 0.336 e. The van der Waals surface area contributed by atoms with E-state index in [-0.39, 0.29) is 12.5 Å². The van der Waals surface area contributed by atoms with Gasteiger partial charge in [0.05, 0.1) is 0 Å². The molecule has 0 saturated carbocycles. The van der Waals surface area contributed by atoms with Crippen molar-refractivity contribution >= 4 is 34.3 Å². The average molecular weight is 397 g/mol. The number of hydrogen-bond donors (Lipinski definition) is 1. The molecule has 0 aliphatic carbocycles. The first-order chi connectivity index (χ1) is 13.4. The monoisotopic (exact) mass is 397 g/mol. The van der Waals surface area contributed by atoms with Crippen LogP contribution in [0.15, 0.2) is 62.6 Å². The summed E-state index contributed by atoms with van der Waals surface area (Å²) >= 11 is 1.83. The van der Waals surface area contributed by atoms with Crippen molar-refractivity contribution in [1.82, 2.24) is 0 Å². The van der Waals surface area contributed by atoms with Gasteiger partial charge in [-0.05, 0) is 55.3 Å². The number of carbonyl (C=O) groups excluding carboxylic acids is 1. The van der Waals surface area contributed by atoms with E-state index in [4.69, 9.17) is 9.15 Å². The van der Waals surface area contributed by atoms with E-state index in [1.54, 1.807) is 24.3 Å². The standard InChI is InChI=1S/C22H23NO4S/c1-4-15(3)28-18-8-9-19(14(2)11-18)23-21(24)13-26-17-7-5-16-6-10-22(25)27-20(16)12-17/h5-12,15H,4,13H2,1-3H3,(H,23,24). The van der Waals surface area contributed by atoms with E-state index >= 15 is 0 Å². The minimum atomic E-state index is -0.423. The van der Waals surface area contributed by atoms with E-state index in [0.29, 0.717) is 16.6 Å². The molecule has 0 aliphatic heterocycles. The number of amides is 1. The van der Waals surface area contributed by atoms with Gasteiger partial charge in [-0.2, -0.15) is 0 Å². The molecule has 28 heavy (non-hydrogen) atoms. The van der Waals surface area contributed by atoms with Gasteiger partial charge in [-0.3, -0.25) is 4.79 Å². The van der Waals surface area contributed by atoms with Crippen LogP contribution in [0.2, 0.25) is 0 Å². The zero-order chi connectivity index (χ0) is 20.1. The summed E-state index contributed by atoms with van der Waals surface area (Å²) in [6, 6.07) is 14.2. The first-order valence-corrected chi connectivity index (χ1v) is 10.1. The number of nitrogens with one attached hydrogen (secondary N) is 1. The number of fused-ring (bicyclic) bond motifs is 1. The molecule has 5 nitrogen and oxygen atoms in total. The predicted octanol–water partition coefficient (Wildman–Crippen LogP) is 5.01. The van der Waals surface area contributed by atoms with Gasteiger partial charge in [-0.15, -0.1) is 11.8 Å². The van der Waals surface area contributed by atoms with Crippen LogP contribution in [-0.4, -0.2) is 17.8 Å². The van der Waals surface area contributed by atoms with E-state index < -0.39 is 5.63 Å². The molecule has 0 bridgehead atoms. The Morgan fingerprint density at radius 2 is 1.96 bits per heavy atom. The Kier molecular flexibility index (Phi) is 6.41. The van der Waals surface area contributed by atoms with Crippen molar-refractivity contribution in [1.29, 1.82) is 0 Å². The molecule has 1 unspecified atom stereocenters. The molecule has 1 amide bonds. The normalized spacial score (nSPS) is 12.0. The van der Waals surface area contributed by atoms with Gasteiger partial charge in [0.25, 0.3) is 5.91 Å². The molecule has 0 radical (unpaired) electrons. The summed E-state index contributed by atoms with van der Waals surface area (Å²) in [5.41, 5.74) is 1.78. The first-order valence-electron chi connectivity index (χ1n) is 9.18. The maximum atomic E-state index is 12.2. The van der Waals surface area contributed by atoms with Gasteiger partial charge in [0.15, 0.2) is 6.61 Å². The van der Waals surface area contributed by atoms with Crippen LogP contribution >= 0.6 is 11.8 Å². The molecule has 0 spiro atoms. The van der Waals surface area contributed by atoms with Crippen LogP contribution in [0.4, 0.5) is 5.69 Å². The lowest BCUT2D eigenvalue weighted by Gasteiger charge is -2.13. The molecule has 146 valence electrons. The Morgan fingerprint density at radius 1 is 1.18 bits per heavy atom. The van der Waals surface area contributed by atoms with E-state index in [2.05, 4.69) is 25.2 Å². The van der Waals surface area contributed by atoms with Crippen molar-refractivity contribution in [2.75, 3.05) is 11.9 Å². The number of thioether (sulfide) groups is 1. The van der Waals surface area contributed by atoms with E-state index in [9.17, 15) is 9.59 Å². The van der Waals surface area contributed by atoms with Gasteiger partial charge in [0.1, 0.15) is 11.3 Å². The van der Waals surface area contributed by atoms with Crippen LogP contribution in [0.5, 0.6) is 5.75 Å². The third-order valence-electron chi connectivity index (χ3n) is 4.35. The third kappa shape index (κ3) is 5.16. The quantitative estimate of drug-likeness (QED) is 0.448. The number of carbonyl (C=O) groups is 1. The van der Waals surface area contributed by atoms with Gasteiger partial charge in [0.2, 0.25) is 0 Å². The van der Waals surface area contributed by atoms with Crippen LogP contribution in [0, 0.1) is 6.92 Å². The number of ether oxygens (including phenoxy) is 1. The predicted molar refractivity (Wildman–Crippen MR) is 113 cm³/mol. The Bertz CT molecular complexity index is 1040. The largest absolute Gasteiger partial charge is 0.484 e. The van der Waals surface area contributed by atoms with Gasteiger partial charge < -0.3 is 14.5 Å². The Morgan fingerprint density at radius 3 is 2.71 bits per heavy atom. The molecular formula is C22H23NO4S. The van der Waals surface area contributed by atoms with Crippen molar-refractivity contribution in [2.45, 2.75) is 37.3 Å². The average Bonchev–Trinajstić information content (AvgIpc) is 2.68. The minimum Gasteiger partial charge on any atom is -0.484 e. The molecular weight excluding hydrogens is 374 g/mol. The Labute approximate surface area is 168 Å². The zero-order valence-corrected chi connectivity index (χ0v) is 17.0. The van der Waals surface area contributed by atoms with Crippen molar-refractivity contribution in [3.8, 4) is 5.75 Å². The molecule has 1 heterocycles. The number of benzene rings is 2. The SMILES string of the molecule is CCC(C)Sc1ccc(NC(=O)COc2ccc3ccc(=O)oc3c2)c(C)c1. The lowest BCUT2D eigenvalue weighted by Crippen LogP contribution is -2.20. The van der Waals surface area contributed by atoms with Crippen LogP contribution in [0.3, 0.4) is 0 Å². The second kappa shape index (κ2) is 8.97. The van der Waals surface area contributed by atoms with Crippen molar-refractivity contribution in [3.05, 3.63) is 64.5 Å². The third-order valence-corrected chi connectivity index (χ3v) is 5.61. The topological polar surface area (TPSA) is 68.5 Å². The Hall–Kier alpha value is -2.73. The van der Waals surface area contributed by atoms with E-state index in [1.807, 2.05) is 30.8 Å². The van der Waals surface area contributed by atoms with Crippen LogP contribution in [0.25, 0.3) is 11.0 Å². The molecule has 0 aliphatic rings. The van der Waals surface area contributed by atoms with Gasteiger partial charge in [0, 0.05) is 33.4 Å². The molecule has 6 heteroatoms. The van der Waals surface area contributed by atoms with Gasteiger partial charge in [-0.25, -0.2) is 4.79 Å². The highest BCUT2D eigenvalue weighted by Crippen LogP contribution is 2.28. The summed E-state index contributed by atoms with van der Waals surface area (Å²) < 4.78 is 10.7. The lowest BCUT2D eigenvalue weighted by molar-refractivity contribution is -0.118. The number of aryl methyl sites for hydroxylation is 1. The lowest BCUT2D eigenvalue weighted by atomic mass is 10.2. The minimum absolute atomic E-state index is 0.134. The highest BCUT2D eigenvalue weighted by atomic mass is 32.2. The molecule has 0 saturated heterocycles. The first kappa shape index (κ1) is 20.0. The van der Waals surface area contributed by atoms with Gasteiger partial charge in [-0.1, -0.05) is 13.8 Å². The number of rotatable bonds is 7. The summed E-state index contributed by atoms with van der Waals surface area (Å²) in [6.45, 7) is 6.21. The molecule has 1 N–H and O–H groups in total. The molecule has 0 fully saturated rings. The summed E-state index contributed by atoms with van der Waals surface area (Å²) in [4.78, 5) is 24.8. The summed E-state index contributed by atoms with van der Waals surface area (Å²) in [5, 5.41) is 4.22. The van der Waals surface area contributed by atoms with Crippen LogP contribution in [-0.2, 0) is 4.79 Å². The fourth-order valence-corrected chi connectivity index (χ4v) is 3.65. The molecule has 3 rings (SSSR count). The summed E-state index contributed by atoms with van der Waals surface area (Å²) in [7, 11) is 0. The van der Waals surface area contributed by atoms with Gasteiger partial charge >= 0.3 is 5.63 Å². The second-order valence-electron chi connectivity index (χ2n) is 6.60.